The molecule has 0 bridgehead atoms. The molecule has 0 radical (unpaired) electrons. The van der Waals surface area contributed by atoms with Crippen LogP contribution in [0.4, 0.5) is 0 Å². The molecule has 2 unspecified atom stereocenters. The topological polar surface area (TPSA) is 87.1 Å². The van der Waals surface area contributed by atoms with Crippen LogP contribution in [-0.4, -0.2) is 34.4 Å². The first-order valence-corrected chi connectivity index (χ1v) is 7.17. The van der Waals surface area contributed by atoms with E-state index in [1.54, 1.807) is 11.3 Å². The minimum atomic E-state index is 0.00744. The van der Waals surface area contributed by atoms with Crippen LogP contribution in [0, 0.1) is 6.92 Å². The molecule has 2 aromatic heterocycles. The summed E-state index contributed by atoms with van der Waals surface area (Å²) in [6.45, 7) is 3.23. The highest BCUT2D eigenvalue weighted by Crippen LogP contribution is 2.23. The van der Waals surface area contributed by atoms with Crippen LogP contribution in [0.15, 0.2) is 9.90 Å². The van der Waals surface area contributed by atoms with Crippen LogP contribution < -0.4 is 5.73 Å². The first-order chi connectivity index (χ1) is 9.22. The van der Waals surface area contributed by atoms with Crippen molar-refractivity contribution in [1.29, 1.82) is 0 Å². The van der Waals surface area contributed by atoms with E-state index in [0.29, 0.717) is 31.3 Å². The summed E-state index contributed by atoms with van der Waals surface area (Å²) in [7, 11) is 0. The maximum atomic E-state index is 6.06. The summed E-state index contributed by atoms with van der Waals surface area (Å²) in [5.41, 5.74) is 7.08. The Kier molecular flexibility index (Phi) is 3.58. The lowest BCUT2D eigenvalue weighted by Gasteiger charge is -2.25. The van der Waals surface area contributed by atoms with Crippen LogP contribution >= 0.6 is 11.3 Å². The van der Waals surface area contributed by atoms with Crippen molar-refractivity contribution in [2.24, 2.45) is 5.73 Å². The Labute approximate surface area is 115 Å². The molecule has 2 N–H and O–H groups in total. The lowest BCUT2D eigenvalue weighted by Crippen LogP contribution is -2.37. The average Bonchev–Trinajstić information content (AvgIpc) is 3.00. The normalized spacial score (nSPS) is 23.7. The summed E-state index contributed by atoms with van der Waals surface area (Å²) in [5, 5.41) is 7.01. The number of nitrogens with two attached hydrogens (primary N) is 1. The van der Waals surface area contributed by atoms with Crippen molar-refractivity contribution in [3.05, 3.63) is 27.8 Å². The molecule has 0 saturated carbocycles. The smallest absolute Gasteiger partial charge is 0.233 e. The van der Waals surface area contributed by atoms with Gasteiger partial charge in [0.05, 0.1) is 18.9 Å². The molecule has 1 aliphatic heterocycles. The van der Waals surface area contributed by atoms with Crippen LogP contribution in [0.25, 0.3) is 0 Å². The van der Waals surface area contributed by atoms with Gasteiger partial charge >= 0.3 is 0 Å². The van der Waals surface area contributed by atoms with Crippen molar-refractivity contribution in [1.82, 2.24) is 15.1 Å². The molecule has 3 heterocycles. The molecule has 0 amide bonds. The number of ether oxygens (including phenoxy) is 1. The van der Waals surface area contributed by atoms with E-state index in [1.165, 1.54) is 0 Å². The fourth-order valence-corrected chi connectivity index (χ4v) is 2.89. The molecule has 3 rings (SSSR count). The van der Waals surface area contributed by atoms with E-state index in [2.05, 4.69) is 15.1 Å². The lowest BCUT2D eigenvalue weighted by molar-refractivity contribution is 0.0590. The predicted octanol–water partition coefficient (Wildman–Crippen LogP) is 1.26. The van der Waals surface area contributed by atoms with Crippen molar-refractivity contribution in [2.75, 3.05) is 13.2 Å². The second-order valence-electron chi connectivity index (χ2n) is 4.74. The molecular formula is C12H16N4O2S. The van der Waals surface area contributed by atoms with E-state index in [1.807, 2.05) is 12.3 Å². The van der Waals surface area contributed by atoms with Gasteiger partial charge in [0.1, 0.15) is 5.01 Å². The van der Waals surface area contributed by atoms with Gasteiger partial charge in [-0.2, -0.15) is 4.98 Å². The Bertz CT molecular complexity index is 553. The van der Waals surface area contributed by atoms with Gasteiger partial charge in [0.15, 0.2) is 5.82 Å². The molecule has 102 valence electrons. The second-order valence-corrected chi connectivity index (χ2v) is 5.68. The highest BCUT2D eigenvalue weighted by molar-refractivity contribution is 7.09. The van der Waals surface area contributed by atoms with Crippen molar-refractivity contribution in [3.8, 4) is 0 Å². The van der Waals surface area contributed by atoms with Gasteiger partial charge in [0, 0.05) is 23.7 Å². The summed E-state index contributed by atoms with van der Waals surface area (Å²) < 4.78 is 10.7. The van der Waals surface area contributed by atoms with Crippen LogP contribution in [0.2, 0.25) is 0 Å². The summed E-state index contributed by atoms with van der Waals surface area (Å²) in [4.78, 5) is 8.81. The van der Waals surface area contributed by atoms with Gasteiger partial charge in [-0.05, 0) is 13.3 Å². The predicted molar refractivity (Wildman–Crippen MR) is 70.1 cm³/mol. The molecular weight excluding hydrogens is 264 g/mol. The van der Waals surface area contributed by atoms with Crippen molar-refractivity contribution >= 4 is 11.3 Å². The molecule has 0 aromatic carbocycles. The third-order valence-electron chi connectivity index (χ3n) is 3.19. The van der Waals surface area contributed by atoms with Gasteiger partial charge in [0.25, 0.3) is 0 Å². The van der Waals surface area contributed by atoms with E-state index in [9.17, 15) is 0 Å². The van der Waals surface area contributed by atoms with Gasteiger partial charge in [-0.15, -0.1) is 11.3 Å². The first kappa shape index (κ1) is 12.7. The molecule has 1 saturated heterocycles. The quantitative estimate of drug-likeness (QED) is 0.910. The van der Waals surface area contributed by atoms with Gasteiger partial charge in [0.2, 0.25) is 5.89 Å². The summed E-state index contributed by atoms with van der Waals surface area (Å²) in [5.74, 6) is 1.24. The molecule has 2 aromatic rings. The van der Waals surface area contributed by atoms with E-state index >= 15 is 0 Å². The number of hydrogen-bond acceptors (Lipinski definition) is 7. The van der Waals surface area contributed by atoms with Crippen LogP contribution in [0.5, 0.6) is 0 Å². The molecule has 0 aliphatic carbocycles. The summed E-state index contributed by atoms with van der Waals surface area (Å²) >= 11 is 1.61. The number of nitrogens with zero attached hydrogens (tertiary/aromatic N) is 3. The zero-order valence-corrected chi connectivity index (χ0v) is 11.5. The van der Waals surface area contributed by atoms with Gasteiger partial charge < -0.3 is 15.0 Å². The van der Waals surface area contributed by atoms with E-state index in [-0.39, 0.29) is 12.0 Å². The third-order valence-corrected chi connectivity index (χ3v) is 4.15. The van der Waals surface area contributed by atoms with Gasteiger partial charge in [-0.1, -0.05) is 5.16 Å². The molecule has 2 atom stereocenters. The number of aromatic nitrogens is 3. The van der Waals surface area contributed by atoms with Crippen LogP contribution in [0.1, 0.15) is 34.8 Å². The van der Waals surface area contributed by atoms with E-state index in [0.717, 1.165) is 17.1 Å². The molecule has 6 nitrogen and oxygen atoms in total. The summed E-state index contributed by atoms with van der Waals surface area (Å²) in [6.07, 6.45) is 1.43. The number of thiazole rings is 1. The lowest BCUT2D eigenvalue weighted by atomic mass is 9.97. The number of aryl methyl sites for hydroxylation is 1. The Morgan fingerprint density at radius 1 is 1.47 bits per heavy atom. The first-order valence-electron chi connectivity index (χ1n) is 6.29. The average molecular weight is 280 g/mol. The maximum absolute atomic E-state index is 6.06. The zero-order valence-electron chi connectivity index (χ0n) is 10.7. The van der Waals surface area contributed by atoms with Gasteiger partial charge in [-0.3, -0.25) is 0 Å². The number of hydrogen-bond donors (Lipinski definition) is 1. The largest absolute Gasteiger partial charge is 0.381 e. The highest BCUT2D eigenvalue weighted by Gasteiger charge is 2.29. The third kappa shape index (κ3) is 2.83. The standard InChI is InChI=1S/C12H16N4O2S/c1-7-6-19-11(14-7)4-10-15-12(18-16-10)8-5-17-3-2-9(8)13/h6,8-9H,2-5,13H2,1H3. The molecule has 1 fully saturated rings. The zero-order chi connectivity index (χ0) is 13.2. The van der Waals surface area contributed by atoms with Crippen molar-refractivity contribution in [2.45, 2.75) is 31.7 Å². The minimum absolute atomic E-state index is 0.00744. The Morgan fingerprint density at radius 3 is 3.11 bits per heavy atom. The Morgan fingerprint density at radius 2 is 2.37 bits per heavy atom. The summed E-state index contributed by atoms with van der Waals surface area (Å²) in [6, 6.07) is 0.0316. The Balaban J connectivity index is 1.72. The molecule has 19 heavy (non-hydrogen) atoms. The van der Waals surface area contributed by atoms with Crippen molar-refractivity contribution < 1.29 is 9.26 Å². The van der Waals surface area contributed by atoms with Gasteiger partial charge in [-0.25, -0.2) is 4.98 Å². The van der Waals surface area contributed by atoms with E-state index in [4.69, 9.17) is 15.0 Å². The molecule has 0 spiro atoms. The van der Waals surface area contributed by atoms with Crippen LogP contribution in [0.3, 0.4) is 0 Å². The molecule has 1 aliphatic rings. The Hall–Kier alpha value is -1.31. The second kappa shape index (κ2) is 5.36. The van der Waals surface area contributed by atoms with E-state index < -0.39 is 0 Å². The number of rotatable bonds is 3. The SMILES string of the molecule is Cc1csc(Cc2noc(C3COCCC3N)n2)n1. The highest BCUT2D eigenvalue weighted by atomic mass is 32.1. The minimum Gasteiger partial charge on any atom is -0.381 e. The maximum Gasteiger partial charge on any atom is 0.233 e. The fourth-order valence-electron chi connectivity index (χ4n) is 2.12. The monoisotopic (exact) mass is 280 g/mol. The fraction of sp³-hybridized carbons (Fsp3) is 0.583. The van der Waals surface area contributed by atoms with Crippen LogP contribution in [-0.2, 0) is 11.2 Å². The molecule has 7 heteroatoms. The van der Waals surface area contributed by atoms with Crippen molar-refractivity contribution in [3.63, 3.8) is 0 Å².